The zero-order valence-corrected chi connectivity index (χ0v) is 65.9. The average Bonchev–Trinajstić information content (AvgIpc) is 0.789. The Morgan fingerprint density at radius 3 is 1.15 bits per heavy atom. The minimum atomic E-state index is -4.67. The number of hydrogen-bond acceptors (Lipinski definition) is 30. The van der Waals surface area contributed by atoms with Gasteiger partial charge in [-0.2, -0.15) is 8.42 Å². The van der Waals surface area contributed by atoms with Gasteiger partial charge >= 0.3 is 34.3 Å². The van der Waals surface area contributed by atoms with E-state index in [1.54, 1.807) is 113 Å². The number of carbonyl (C=O) groups excluding carboxylic acids is 4. The number of Topliss-reactive ketones (excluding diaryl/α,β-unsaturated/α-hetero) is 2. The molecule has 35 heteroatoms. The molecule has 0 saturated carbocycles. The lowest BCUT2D eigenvalue weighted by molar-refractivity contribution is -0.309. The molecule has 0 amide bonds. The van der Waals surface area contributed by atoms with Crippen LogP contribution in [0.5, 0.6) is 0 Å². The second-order valence-corrected chi connectivity index (χ2v) is 30.7. The SMILES string of the molecule is CCC[C@@H]1C/C=C/C=C/C=C/C=C/[C@H](O[C@@H]2O[C@H](C)[C@@H](O)[C@H](N)[C@@H]2O)C[C@@H]2O[C@](O)(C[C@@H](O)CCCC(=O)C[C@@H](O)[C@H](CC)C(=O)O1)C[C@H](O)[C@H]2C(=O)O.CCC[C@@H]1C/C=C/C=C/C=C/C=C/[C@H](O[C@@H]2O[C@H](C)[C@@H](O)[C@H](N)[C@@H]2O)C[C@@H]2O[C@](O)(C[C@@H](O)CCCC(=O)C[C@@H](O)[C@H](CC)C(=O)O1)C[C@H](O)[C@H]2C(=O)O.O=S(=O)(O)O. The second-order valence-electron chi connectivity index (χ2n) is 29.8. The van der Waals surface area contributed by atoms with Crippen LogP contribution in [0, 0.1) is 23.7 Å². The first-order valence-electron chi connectivity index (χ1n) is 38.8. The van der Waals surface area contributed by atoms with E-state index in [1.165, 1.54) is 0 Å². The van der Waals surface area contributed by atoms with Crippen molar-refractivity contribution < 1.29 is 156 Å². The van der Waals surface area contributed by atoms with Crippen molar-refractivity contribution in [1.29, 1.82) is 0 Å². The molecule has 0 aromatic carbocycles. The lowest BCUT2D eigenvalue weighted by Gasteiger charge is -2.45. The summed E-state index contributed by atoms with van der Waals surface area (Å²) >= 11 is 0. The highest BCUT2D eigenvalue weighted by molar-refractivity contribution is 7.79. The number of carboxylic acids is 2. The topological polar surface area (TPSA) is 586 Å². The number of ketones is 2. The number of aliphatic carboxylic acids is 2. The Kier molecular flexibility index (Phi) is 43.6. The highest BCUT2D eigenvalue weighted by Gasteiger charge is 2.53. The summed E-state index contributed by atoms with van der Waals surface area (Å²) in [6.07, 6.45) is 5.99. The predicted octanol–water partition coefficient (Wildman–Crippen LogP) is 2.75. The number of aliphatic hydroxyl groups is 12. The van der Waals surface area contributed by atoms with Gasteiger partial charge in [0.15, 0.2) is 24.2 Å². The number of rotatable bonds is 12. The third kappa shape index (κ3) is 34.7. The fraction of sp³-hybridized carbons (Fsp3) is 0.718. The number of carboxylic acid groups (broad SMARTS) is 2. The van der Waals surface area contributed by atoms with Gasteiger partial charge in [0.25, 0.3) is 0 Å². The molecule has 6 rings (SSSR count). The Morgan fingerprint density at radius 1 is 0.504 bits per heavy atom. The van der Waals surface area contributed by atoms with Crippen LogP contribution in [0.25, 0.3) is 0 Å². The van der Waals surface area contributed by atoms with Crippen LogP contribution < -0.4 is 11.5 Å². The van der Waals surface area contributed by atoms with Crippen molar-refractivity contribution in [2.45, 2.75) is 329 Å². The van der Waals surface area contributed by atoms with Gasteiger partial charge in [-0.15, -0.1) is 0 Å². The van der Waals surface area contributed by atoms with E-state index in [4.69, 9.17) is 66.9 Å². The van der Waals surface area contributed by atoms with Crippen molar-refractivity contribution in [1.82, 2.24) is 0 Å². The average molecular weight is 1630 g/mol. The number of fused-ring (bicyclic) bond motifs is 4. The Morgan fingerprint density at radius 2 is 0.832 bits per heavy atom. The molecule has 113 heavy (non-hydrogen) atoms. The summed E-state index contributed by atoms with van der Waals surface area (Å²) in [5.74, 6) is -13.6. The molecule has 0 aliphatic carbocycles. The summed E-state index contributed by atoms with van der Waals surface area (Å²) < 4.78 is 78.5. The monoisotopic (exact) mass is 1630 g/mol. The predicted molar refractivity (Wildman–Crippen MR) is 405 cm³/mol. The van der Waals surface area contributed by atoms with Gasteiger partial charge in [0.2, 0.25) is 0 Å². The van der Waals surface area contributed by atoms with Crippen molar-refractivity contribution in [2.75, 3.05) is 0 Å². The van der Waals surface area contributed by atoms with Crippen molar-refractivity contribution in [3.8, 4) is 0 Å². The standard InChI is InChI=1S/2C39H61NO14.H2O4S/c2*1-4-14-26-17-11-9-7-6-8-10-12-18-27(53-38-35(46)33(40)34(45)23(3)51-38)20-31-32(36(47)48)30(44)22-39(50,54-31)21-25(42)16-13-15-24(41)19-29(43)28(5-2)37(49)52-26;1-5(2,3)4/h2*6-12,18,23,25-35,38,42-46,50H,4-5,13-17,19-22,40H2,1-3H3,(H,47,48);(H2,1,2,3,4)/b2*7-6+,10-8+,11-9+,18-12+;/t2*23-,25+,26-,27+,28+,29-,30+,31+,32-,33+,34-,35+,38+,39-;/m11./s1. The maximum Gasteiger partial charge on any atom is 0.394 e. The van der Waals surface area contributed by atoms with Gasteiger partial charge < -0.3 is 121 Å². The zero-order valence-electron chi connectivity index (χ0n) is 65.1. The van der Waals surface area contributed by atoms with E-state index in [9.17, 15) is 100 Å². The molecule has 0 aromatic heterocycles. The molecule has 0 spiro atoms. The molecule has 6 aliphatic rings. The fourth-order valence-electron chi connectivity index (χ4n) is 14.3. The van der Waals surface area contributed by atoms with Gasteiger partial charge in [-0.1, -0.05) is 138 Å². The zero-order chi connectivity index (χ0) is 84.5. The van der Waals surface area contributed by atoms with E-state index in [0.29, 0.717) is 25.7 Å². The number of carbonyl (C=O) groups is 6. The van der Waals surface area contributed by atoms with Crippen LogP contribution in [-0.2, 0) is 77.1 Å². The van der Waals surface area contributed by atoms with Gasteiger partial charge in [0, 0.05) is 77.0 Å². The maximum atomic E-state index is 13.0. The molecule has 28 atom stereocenters. The largest absolute Gasteiger partial charge is 0.481 e. The Balaban J connectivity index is 0.000000449. The number of allylic oxidation sites excluding steroid dienone is 12. The number of hydrogen-bond donors (Lipinski definition) is 18. The van der Waals surface area contributed by atoms with E-state index in [-0.39, 0.29) is 88.6 Å². The molecule has 6 aliphatic heterocycles. The first-order chi connectivity index (χ1) is 53.2. The third-order valence-electron chi connectivity index (χ3n) is 20.3. The van der Waals surface area contributed by atoms with Gasteiger partial charge in [-0.3, -0.25) is 37.9 Å². The minimum Gasteiger partial charge on any atom is -0.481 e. The normalized spacial score (nSPS) is 40.9. The Bertz CT molecular complexity index is 3090. The minimum absolute atomic E-state index is 0.0177. The number of aliphatic hydroxyl groups excluding tert-OH is 10. The first-order valence-corrected chi connectivity index (χ1v) is 40.2. The first kappa shape index (κ1) is 99.6. The van der Waals surface area contributed by atoms with Gasteiger partial charge in [-0.25, -0.2) is 0 Å². The molecular weight excluding hydrogens is 1510 g/mol. The molecule has 0 unspecified atom stereocenters. The van der Waals surface area contributed by atoms with Gasteiger partial charge in [-0.05, 0) is 65.2 Å². The number of nitrogens with two attached hydrogens (primary N) is 2. The fourth-order valence-corrected chi connectivity index (χ4v) is 14.3. The van der Waals surface area contributed by atoms with Crippen LogP contribution in [0.15, 0.2) is 97.2 Å². The summed E-state index contributed by atoms with van der Waals surface area (Å²) in [7, 11) is -4.67. The molecule has 4 fully saturated rings. The van der Waals surface area contributed by atoms with Gasteiger partial charge in [0.05, 0.1) is 109 Å². The Labute approximate surface area is 660 Å². The van der Waals surface area contributed by atoms with E-state index < -0.39 is 230 Å². The molecule has 0 aromatic rings. The number of ether oxygens (including phenoxy) is 8. The van der Waals surface area contributed by atoms with Crippen LogP contribution in [-0.4, -0.2) is 271 Å². The van der Waals surface area contributed by atoms with Crippen molar-refractivity contribution in [3.05, 3.63) is 97.2 Å². The van der Waals surface area contributed by atoms with Crippen LogP contribution in [0.3, 0.4) is 0 Å². The molecule has 20 N–H and O–H groups in total. The molecule has 34 nitrogen and oxygen atoms in total. The summed E-state index contributed by atoms with van der Waals surface area (Å²) in [5, 5.41) is 150. The number of esters is 2. The molecule has 4 bridgehead atoms. The second kappa shape index (κ2) is 49.4. The molecule has 4 saturated heterocycles. The van der Waals surface area contributed by atoms with E-state index >= 15 is 0 Å². The van der Waals surface area contributed by atoms with Crippen LogP contribution in [0.1, 0.15) is 183 Å². The Hall–Kier alpha value is -5.79. The van der Waals surface area contributed by atoms with E-state index in [2.05, 4.69) is 0 Å². The number of cyclic esters (lactones) is 2. The lowest BCUT2D eigenvalue weighted by atomic mass is 9.83. The molecule has 6 heterocycles. The van der Waals surface area contributed by atoms with E-state index in [0.717, 1.165) is 12.8 Å². The van der Waals surface area contributed by atoms with Crippen LogP contribution in [0.2, 0.25) is 0 Å². The van der Waals surface area contributed by atoms with Crippen LogP contribution >= 0.6 is 0 Å². The highest BCUT2D eigenvalue weighted by Crippen LogP contribution is 2.41. The van der Waals surface area contributed by atoms with E-state index in [1.807, 2.05) is 26.0 Å². The maximum absolute atomic E-state index is 13.0. The summed E-state index contributed by atoms with van der Waals surface area (Å²) in [6.45, 7) is 10.5. The molecular formula is C78H124N2O32S. The smallest absolute Gasteiger partial charge is 0.394 e. The van der Waals surface area contributed by atoms with Gasteiger partial charge in [0.1, 0.15) is 47.8 Å². The van der Waals surface area contributed by atoms with Crippen molar-refractivity contribution in [3.63, 3.8) is 0 Å². The summed E-state index contributed by atoms with van der Waals surface area (Å²) in [4.78, 5) is 76.3. The highest BCUT2D eigenvalue weighted by atomic mass is 32.3. The molecule has 0 radical (unpaired) electrons. The summed E-state index contributed by atoms with van der Waals surface area (Å²) in [5.41, 5.74) is 12.0. The van der Waals surface area contributed by atoms with Crippen molar-refractivity contribution >= 4 is 45.8 Å². The lowest BCUT2D eigenvalue weighted by Crippen LogP contribution is -2.61. The van der Waals surface area contributed by atoms with Crippen molar-refractivity contribution in [2.24, 2.45) is 35.1 Å². The quantitative estimate of drug-likeness (QED) is 0.0986. The summed E-state index contributed by atoms with van der Waals surface area (Å²) in [6, 6.07) is -2.21. The third-order valence-corrected chi connectivity index (χ3v) is 20.3. The van der Waals surface area contributed by atoms with Crippen LogP contribution in [0.4, 0.5) is 0 Å². The molecule has 644 valence electrons.